The van der Waals surface area contributed by atoms with Crippen molar-refractivity contribution in [2.24, 2.45) is 0 Å². The molecule has 0 amide bonds. The molecule has 2 N–H and O–H groups in total. The third kappa shape index (κ3) is 5.49. The highest BCUT2D eigenvalue weighted by Gasteiger charge is 1.98. The van der Waals surface area contributed by atoms with Gasteiger partial charge in [-0.25, -0.2) is 0 Å². The zero-order valence-electron chi connectivity index (χ0n) is 5.29. The first-order valence-electron chi connectivity index (χ1n) is 2.78. The van der Waals surface area contributed by atoms with E-state index in [4.69, 9.17) is 14.9 Å². The molecule has 0 aromatic heterocycles. The fourth-order valence-electron chi connectivity index (χ4n) is 0.340. The van der Waals surface area contributed by atoms with Gasteiger partial charge in [-0.3, -0.25) is 0 Å². The van der Waals surface area contributed by atoms with Gasteiger partial charge in [-0.1, -0.05) is 6.08 Å². The Bertz CT molecular complexity index is 72.7. The highest BCUT2D eigenvalue weighted by atomic mass is 16.5. The monoisotopic (exact) mass is 132 g/mol. The summed E-state index contributed by atoms with van der Waals surface area (Å²) < 4.78 is 4.81. The Hall–Kier alpha value is -0.380. The lowest BCUT2D eigenvalue weighted by Crippen LogP contribution is -2.19. The number of aliphatic hydroxyl groups is 2. The van der Waals surface area contributed by atoms with Gasteiger partial charge >= 0.3 is 0 Å². The van der Waals surface area contributed by atoms with Gasteiger partial charge in [0.15, 0.2) is 0 Å². The zero-order chi connectivity index (χ0) is 7.11. The van der Waals surface area contributed by atoms with E-state index in [1.54, 1.807) is 6.08 Å². The molecule has 0 saturated carbocycles. The minimum Gasteiger partial charge on any atom is -0.394 e. The van der Waals surface area contributed by atoms with Crippen LogP contribution in [0.1, 0.15) is 0 Å². The van der Waals surface area contributed by atoms with E-state index in [0.717, 1.165) is 0 Å². The Morgan fingerprint density at radius 3 is 2.78 bits per heavy atom. The first-order chi connectivity index (χ1) is 4.31. The molecule has 0 aromatic rings. The molecule has 0 aliphatic carbocycles. The van der Waals surface area contributed by atoms with Crippen LogP contribution in [0.25, 0.3) is 0 Å². The molecule has 0 spiro atoms. The van der Waals surface area contributed by atoms with Crippen molar-refractivity contribution in [3.05, 3.63) is 12.7 Å². The Kier molecular flexibility index (Phi) is 5.51. The zero-order valence-corrected chi connectivity index (χ0v) is 5.29. The van der Waals surface area contributed by atoms with E-state index < -0.39 is 6.10 Å². The number of hydrogen-bond donors (Lipinski definition) is 2. The number of aliphatic hydroxyl groups excluding tert-OH is 2. The summed E-state index contributed by atoms with van der Waals surface area (Å²) in [6.07, 6.45) is 0.828. The predicted molar refractivity (Wildman–Crippen MR) is 34.1 cm³/mol. The topological polar surface area (TPSA) is 49.7 Å². The summed E-state index contributed by atoms with van der Waals surface area (Å²) >= 11 is 0. The average Bonchev–Trinajstić information content (AvgIpc) is 1.89. The summed E-state index contributed by atoms with van der Waals surface area (Å²) in [7, 11) is 0. The van der Waals surface area contributed by atoms with Crippen LogP contribution in [0, 0.1) is 0 Å². The lowest BCUT2D eigenvalue weighted by molar-refractivity contribution is 0.0150. The normalized spacial score (nSPS) is 13.1. The standard InChI is InChI=1S/C6H12O3/c1-2-3-9-5-6(8)4-7/h2,6-8H,1,3-5H2/t6-/m0/s1. The molecule has 3 nitrogen and oxygen atoms in total. The third-order valence-electron chi connectivity index (χ3n) is 0.757. The molecule has 0 fully saturated rings. The second-order valence-electron chi connectivity index (χ2n) is 1.66. The first-order valence-corrected chi connectivity index (χ1v) is 2.78. The summed E-state index contributed by atoms with van der Waals surface area (Å²) in [4.78, 5) is 0. The molecule has 0 aliphatic heterocycles. The number of ether oxygens (including phenoxy) is 1. The second-order valence-corrected chi connectivity index (χ2v) is 1.66. The van der Waals surface area contributed by atoms with E-state index in [2.05, 4.69) is 6.58 Å². The van der Waals surface area contributed by atoms with Gasteiger partial charge in [0, 0.05) is 0 Å². The van der Waals surface area contributed by atoms with Crippen LogP contribution in [0.4, 0.5) is 0 Å². The maximum absolute atomic E-state index is 8.68. The van der Waals surface area contributed by atoms with Gasteiger partial charge in [-0.05, 0) is 0 Å². The lowest BCUT2D eigenvalue weighted by Gasteiger charge is -2.04. The average molecular weight is 132 g/mol. The lowest BCUT2D eigenvalue weighted by atomic mass is 10.4. The van der Waals surface area contributed by atoms with Gasteiger partial charge in [0.05, 0.1) is 19.8 Å². The van der Waals surface area contributed by atoms with Gasteiger partial charge in [-0.15, -0.1) is 6.58 Å². The fraction of sp³-hybridized carbons (Fsp3) is 0.667. The van der Waals surface area contributed by atoms with Crippen LogP contribution in [0.5, 0.6) is 0 Å². The SMILES string of the molecule is C=CCOC[C@@H](O)CO. The van der Waals surface area contributed by atoms with Crippen LogP contribution in [-0.2, 0) is 4.74 Å². The molecule has 0 aliphatic rings. The van der Waals surface area contributed by atoms with Crippen LogP contribution in [0.2, 0.25) is 0 Å². The highest BCUT2D eigenvalue weighted by molar-refractivity contribution is 4.64. The van der Waals surface area contributed by atoms with Crippen LogP contribution < -0.4 is 0 Å². The van der Waals surface area contributed by atoms with Crippen LogP contribution in [0.3, 0.4) is 0 Å². The third-order valence-corrected chi connectivity index (χ3v) is 0.757. The second kappa shape index (κ2) is 5.75. The smallest absolute Gasteiger partial charge is 0.100 e. The minimum atomic E-state index is -0.759. The maximum Gasteiger partial charge on any atom is 0.100 e. The van der Waals surface area contributed by atoms with Gasteiger partial charge in [0.2, 0.25) is 0 Å². The van der Waals surface area contributed by atoms with Crippen molar-refractivity contribution < 1.29 is 14.9 Å². The van der Waals surface area contributed by atoms with E-state index >= 15 is 0 Å². The van der Waals surface area contributed by atoms with Crippen molar-refractivity contribution in [1.82, 2.24) is 0 Å². The molecule has 0 bridgehead atoms. The van der Waals surface area contributed by atoms with Crippen molar-refractivity contribution in [1.29, 1.82) is 0 Å². The first kappa shape index (κ1) is 8.62. The van der Waals surface area contributed by atoms with Gasteiger partial charge < -0.3 is 14.9 Å². The summed E-state index contributed by atoms with van der Waals surface area (Å²) in [5.41, 5.74) is 0. The van der Waals surface area contributed by atoms with Crippen molar-refractivity contribution in [2.75, 3.05) is 19.8 Å². The van der Waals surface area contributed by atoms with E-state index in [1.165, 1.54) is 0 Å². The molecule has 0 unspecified atom stereocenters. The van der Waals surface area contributed by atoms with Gasteiger partial charge in [-0.2, -0.15) is 0 Å². The number of hydrogen-bond acceptors (Lipinski definition) is 3. The molecule has 0 aromatic carbocycles. The molecule has 3 heteroatoms. The van der Waals surface area contributed by atoms with Crippen molar-refractivity contribution in [3.63, 3.8) is 0 Å². The molecular formula is C6H12O3. The van der Waals surface area contributed by atoms with E-state index in [1.807, 2.05) is 0 Å². The van der Waals surface area contributed by atoms with Gasteiger partial charge in [0.25, 0.3) is 0 Å². The van der Waals surface area contributed by atoms with Crippen LogP contribution in [-0.4, -0.2) is 36.1 Å². The molecule has 0 heterocycles. The fourth-order valence-corrected chi connectivity index (χ4v) is 0.340. The van der Waals surface area contributed by atoms with Crippen molar-refractivity contribution in [2.45, 2.75) is 6.10 Å². The Morgan fingerprint density at radius 1 is 1.67 bits per heavy atom. The molecule has 9 heavy (non-hydrogen) atoms. The summed E-state index contributed by atoms with van der Waals surface area (Å²) in [5.74, 6) is 0. The Balaban J connectivity index is 2.96. The summed E-state index contributed by atoms with van der Waals surface area (Å²) in [5, 5.41) is 17.0. The maximum atomic E-state index is 8.68. The molecule has 54 valence electrons. The quantitative estimate of drug-likeness (QED) is 0.393. The highest BCUT2D eigenvalue weighted by Crippen LogP contribution is 1.82. The summed E-state index contributed by atoms with van der Waals surface area (Å²) in [6.45, 7) is 3.74. The molecule has 1 atom stereocenters. The Labute approximate surface area is 54.6 Å². The molecular weight excluding hydrogens is 120 g/mol. The van der Waals surface area contributed by atoms with E-state index in [9.17, 15) is 0 Å². The van der Waals surface area contributed by atoms with Crippen molar-refractivity contribution in [3.8, 4) is 0 Å². The largest absolute Gasteiger partial charge is 0.394 e. The van der Waals surface area contributed by atoms with E-state index in [0.29, 0.717) is 6.61 Å². The van der Waals surface area contributed by atoms with Crippen LogP contribution in [0.15, 0.2) is 12.7 Å². The summed E-state index contributed by atoms with van der Waals surface area (Å²) in [6, 6.07) is 0. The Morgan fingerprint density at radius 2 is 2.33 bits per heavy atom. The van der Waals surface area contributed by atoms with Crippen LogP contribution >= 0.6 is 0 Å². The van der Waals surface area contributed by atoms with E-state index in [-0.39, 0.29) is 13.2 Å². The molecule has 0 rings (SSSR count). The predicted octanol–water partition coefficient (Wildman–Crippen LogP) is -0.458. The minimum absolute atomic E-state index is 0.169. The van der Waals surface area contributed by atoms with Gasteiger partial charge in [0.1, 0.15) is 6.10 Å². The molecule has 0 saturated heterocycles. The number of rotatable bonds is 5. The molecule has 0 radical (unpaired) electrons. The van der Waals surface area contributed by atoms with Crippen molar-refractivity contribution >= 4 is 0 Å².